The van der Waals surface area contributed by atoms with E-state index in [1.165, 1.54) is 30.7 Å². The molecule has 5 nitrogen and oxygen atoms in total. The molecule has 1 fully saturated rings. The van der Waals surface area contributed by atoms with Gasteiger partial charge in [-0.2, -0.15) is 0 Å². The number of sulfonamides is 1. The third kappa shape index (κ3) is 3.09. The quantitative estimate of drug-likeness (QED) is 0.838. The van der Waals surface area contributed by atoms with E-state index in [-0.39, 0.29) is 9.77 Å². The maximum atomic E-state index is 11.9. The number of carboxylic acids is 1. The van der Waals surface area contributed by atoms with Crippen LogP contribution in [0.3, 0.4) is 0 Å². The lowest BCUT2D eigenvalue weighted by Crippen LogP contribution is -2.27. The van der Waals surface area contributed by atoms with E-state index in [0.29, 0.717) is 12.5 Å². The third-order valence-electron chi connectivity index (χ3n) is 3.17. The van der Waals surface area contributed by atoms with Gasteiger partial charge in [0.2, 0.25) is 10.0 Å². The molecule has 1 heterocycles. The van der Waals surface area contributed by atoms with Crippen LogP contribution in [0.4, 0.5) is 0 Å². The number of carboxylic acid groups (broad SMARTS) is 1. The molecule has 7 heteroatoms. The van der Waals surface area contributed by atoms with Crippen LogP contribution in [0.15, 0.2) is 16.3 Å². The van der Waals surface area contributed by atoms with Gasteiger partial charge in [-0.05, 0) is 18.4 Å². The topological polar surface area (TPSA) is 83.5 Å². The van der Waals surface area contributed by atoms with E-state index in [1.807, 2.05) is 0 Å². The van der Waals surface area contributed by atoms with Crippen molar-refractivity contribution in [1.29, 1.82) is 0 Å². The summed E-state index contributed by atoms with van der Waals surface area (Å²) in [5.41, 5.74) is 0. The molecule has 0 spiro atoms. The molecule has 1 aliphatic carbocycles. The van der Waals surface area contributed by atoms with Crippen molar-refractivity contribution < 1.29 is 18.3 Å². The molecule has 0 bridgehead atoms. The van der Waals surface area contributed by atoms with Gasteiger partial charge in [0, 0.05) is 11.9 Å². The number of hydrogen-bond donors (Lipinski definition) is 2. The van der Waals surface area contributed by atoms with Gasteiger partial charge >= 0.3 is 5.97 Å². The second kappa shape index (κ2) is 5.38. The van der Waals surface area contributed by atoms with Crippen molar-refractivity contribution in [3.63, 3.8) is 0 Å². The molecule has 100 valence electrons. The number of hydrogen-bond acceptors (Lipinski definition) is 4. The van der Waals surface area contributed by atoms with Crippen LogP contribution in [-0.4, -0.2) is 26.0 Å². The Morgan fingerprint density at radius 3 is 2.72 bits per heavy atom. The SMILES string of the molecule is O=C(O)c1cc(S(=O)(=O)NCCC2CCC2)cs1. The highest BCUT2D eigenvalue weighted by atomic mass is 32.2. The van der Waals surface area contributed by atoms with Crippen molar-refractivity contribution in [2.24, 2.45) is 5.92 Å². The third-order valence-corrected chi connectivity index (χ3v) is 5.67. The number of rotatable bonds is 6. The zero-order chi connectivity index (χ0) is 13.2. The van der Waals surface area contributed by atoms with Gasteiger partial charge in [0.1, 0.15) is 4.88 Å². The van der Waals surface area contributed by atoms with Crippen LogP contribution in [0.1, 0.15) is 35.4 Å². The summed E-state index contributed by atoms with van der Waals surface area (Å²) in [4.78, 5) is 10.8. The van der Waals surface area contributed by atoms with E-state index in [2.05, 4.69) is 4.72 Å². The Morgan fingerprint density at radius 1 is 1.50 bits per heavy atom. The lowest BCUT2D eigenvalue weighted by Gasteiger charge is -2.24. The average molecular weight is 289 g/mol. The van der Waals surface area contributed by atoms with Crippen LogP contribution >= 0.6 is 11.3 Å². The van der Waals surface area contributed by atoms with E-state index in [0.717, 1.165) is 17.8 Å². The number of thiophene rings is 1. The molecule has 0 aliphatic heterocycles. The van der Waals surface area contributed by atoms with Crippen molar-refractivity contribution in [3.8, 4) is 0 Å². The smallest absolute Gasteiger partial charge is 0.345 e. The fourth-order valence-electron chi connectivity index (χ4n) is 1.83. The highest BCUT2D eigenvalue weighted by Crippen LogP contribution is 2.29. The van der Waals surface area contributed by atoms with Gasteiger partial charge in [-0.3, -0.25) is 0 Å². The summed E-state index contributed by atoms with van der Waals surface area (Å²) >= 11 is 0.921. The minimum atomic E-state index is -3.56. The molecule has 1 aromatic rings. The molecule has 2 rings (SSSR count). The Kier molecular flexibility index (Phi) is 4.04. The van der Waals surface area contributed by atoms with Gasteiger partial charge in [0.25, 0.3) is 0 Å². The molecule has 0 unspecified atom stereocenters. The summed E-state index contributed by atoms with van der Waals surface area (Å²) in [5, 5.41) is 10.1. The molecule has 1 aliphatic rings. The van der Waals surface area contributed by atoms with Gasteiger partial charge in [-0.1, -0.05) is 19.3 Å². The molecule has 1 aromatic heterocycles. The lowest BCUT2D eigenvalue weighted by molar-refractivity contribution is 0.0702. The van der Waals surface area contributed by atoms with Crippen LogP contribution in [-0.2, 0) is 10.0 Å². The first-order valence-electron chi connectivity index (χ1n) is 5.80. The zero-order valence-electron chi connectivity index (χ0n) is 9.76. The maximum Gasteiger partial charge on any atom is 0.345 e. The van der Waals surface area contributed by atoms with Crippen LogP contribution in [0.25, 0.3) is 0 Å². The minimum Gasteiger partial charge on any atom is -0.477 e. The average Bonchev–Trinajstić information content (AvgIpc) is 2.71. The molecule has 0 atom stereocenters. The molecular weight excluding hydrogens is 274 g/mol. The first-order chi connectivity index (χ1) is 8.49. The van der Waals surface area contributed by atoms with Gasteiger partial charge in [0.15, 0.2) is 0 Å². The Bertz CT molecular complexity index is 531. The van der Waals surface area contributed by atoms with Crippen molar-refractivity contribution in [2.75, 3.05) is 6.54 Å². The fraction of sp³-hybridized carbons (Fsp3) is 0.545. The molecule has 0 radical (unpaired) electrons. The van der Waals surface area contributed by atoms with E-state index in [1.54, 1.807) is 0 Å². The first kappa shape index (κ1) is 13.5. The first-order valence-corrected chi connectivity index (χ1v) is 8.17. The molecule has 0 aromatic carbocycles. The van der Waals surface area contributed by atoms with Crippen molar-refractivity contribution in [2.45, 2.75) is 30.6 Å². The molecule has 0 saturated heterocycles. The normalized spacial score (nSPS) is 16.4. The molecule has 18 heavy (non-hydrogen) atoms. The van der Waals surface area contributed by atoms with Crippen LogP contribution < -0.4 is 4.72 Å². The van der Waals surface area contributed by atoms with Crippen LogP contribution in [0, 0.1) is 5.92 Å². The van der Waals surface area contributed by atoms with Crippen molar-refractivity contribution in [3.05, 3.63) is 16.3 Å². The summed E-state index contributed by atoms with van der Waals surface area (Å²) in [6.07, 6.45) is 4.46. The van der Waals surface area contributed by atoms with Crippen LogP contribution in [0.5, 0.6) is 0 Å². The Morgan fingerprint density at radius 2 is 2.22 bits per heavy atom. The van der Waals surface area contributed by atoms with Gasteiger partial charge in [-0.25, -0.2) is 17.9 Å². The fourth-order valence-corrected chi connectivity index (χ4v) is 3.99. The van der Waals surface area contributed by atoms with E-state index in [9.17, 15) is 13.2 Å². The highest BCUT2D eigenvalue weighted by Gasteiger charge is 2.20. The summed E-state index contributed by atoms with van der Waals surface area (Å²) in [5.74, 6) is -0.458. The Balaban J connectivity index is 1.93. The Labute approximate surface area is 110 Å². The maximum absolute atomic E-state index is 11.9. The van der Waals surface area contributed by atoms with E-state index >= 15 is 0 Å². The summed E-state index contributed by atoms with van der Waals surface area (Å²) < 4.78 is 26.2. The summed E-state index contributed by atoms with van der Waals surface area (Å²) in [7, 11) is -3.56. The number of carbonyl (C=O) groups is 1. The number of nitrogens with one attached hydrogen (secondary N) is 1. The van der Waals surface area contributed by atoms with E-state index in [4.69, 9.17) is 5.11 Å². The van der Waals surface area contributed by atoms with Crippen molar-refractivity contribution in [1.82, 2.24) is 4.72 Å². The summed E-state index contributed by atoms with van der Waals surface area (Å²) in [6.45, 7) is 0.422. The minimum absolute atomic E-state index is 0.0365. The largest absolute Gasteiger partial charge is 0.477 e. The van der Waals surface area contributed by atoms with Crippen molar-refractivity contribution >= 4 is 27.3 Å². The van der Waals surface area contributed by atoms with Gasteiger partial charge in [0.05, 0.1) is 4.90 Å². The van der Waals surface area contributed by atoms with Crippen LogP contribution in [0.2, 0.25) is 0 Å². The van der Waals surface area contributed by atoms with Gasteiger partial charge < -0.3 is 5.11 Å². The zero-order valence-corrected chi connectivity index (χ0v) is 11.4. The van der Waals surface area contributed by atoms with E-state index < -0.39 is 16.0 Å². The number of aromatic carboxylic acids is 1. The Hall–Kier alpha value is -0.920. The monoisotopic (exact) mass is 289 g/mol. The summed E-state index contributed by atoms with van der Waals surface area (Å²) in [6, 6.07) is 1.19. The highest BCUT2D eigenvalue weighted by molar-refractivity contribution is 7.89. The molecule has 2 N–H and O–H groups in total. The standard InChI is InChI=1S/C11H15NO4S2/c13-11(14)10-6-9(7-17-10)18(15,16)12-5-4-8-2-1-3-8/h6-8,12H,1-5H2,(H,13,14). The predicted molar refractivity (Wildman–Crippen MR) is 68.4 cm³/mol. The van der Waals surface area contributed by atoms with Gasteiger partial charge in [-0.15, -0.1) is 11.3 Å². The second-order valence-corrected chi connectivity index (χ2v) is 7.11. The predicted octanol–water partition coefficient (Wildman–Crippen LogP) is 1.91. The second-order valence-electron chi connectivity index (χ2n) is 4.44. The molecule has 1 saturated carbocycles. The molecular formula is C11H15NO4S2. The molecule has 0 amide bonds. The lowest BCUT2D eigenvalue weighted by atomic mass is 9.83.